The van der Waals surface area contributed by atoms with E-state index in [0.29, 0.717) is 32.0 Å². The van der Waals surface area contributed by atoms with Gasteiger partial charge >= 0.3 is 0 Å². The second-order valence-corrected chi connectivity index (χ2v) is 6.57. The Morgan fingerprint density at radius 1 is 1.24 bits per heavy atom. The molecule has 0 aromatic carbocycles. The van der Waals surface area contributed by atoms with Crippen molar-refractivity contribution in [2.45, 2.75) is 38.1 Å². The highest BCUT2D eigenvalue weighted by molar-refractivity contribution is 5.94. The largest absolute Gasteiger partial charge is 0.367 e. The van der Waals surface area contributed by atoms with Crippen LogP contribution in [0.2, 0.25) is 0 Å². The molecule has 2 aromatic rings. The van der Waals surface area contributed by atoms with E-state index in [1.165, 1.54) is 31.5 Å². The lowest BCUT2D eigenvalue weighted by molar-refractivity contribution is 0.0758. The molecule has 0 spiro atoms. The summed E-state index contributed by atoms with van der Waals surface area (Å²) in [5.41, 5.74) is 2.13. The summed E-state index contributed by atoms with van der Waals surface area (Å²) in [4.78, 5) is 26.8. The summed E-state index contributed by atoms with van der Waals surface area (Å²) < 4.78 is 13.9. The summed E-state index contributed by atoms with van der Waals surface area (Å²) in [6.45, 7) is 1.05. The van der Waals surface area contributed by atoms with Crippen LogP contribution in [0.4, 0.5) is 10.2 Å². The van der Waals surface area contributed by atoms with Crippen molar-refractivity contribution < 1.29 is 9.18 Å². The van der Waals surface area contributed by atoms with E-state index in [4.69, 9.17) is 0 Å². The molecule has 0 unspecified atom stereocenters. The van der Waals surface area contributed by atoms with E-state index in [1.807, 2.05) is 0 Å². The number of nitrogens with one attached hydrogen (secondary N) is 1. The smallest absolute Gasteiger partial charge is 0.256 e. The first kappa shape index (κ1) is 15.9. The molecule has 0 saturated heterocycles. The van der Waals surface area contributed by atoms with Gasteiger partial charge in [0.2, 0.25) is 0 Å². The van der Waals surface area contributed by atoms with Crippen molar-refractivity contribution in [3.8, 4) is 0 Å². The van der Waals surface area contributed by atoms with Crippen LogP contribution in [-0.4, -0.2) is 44.9 Å². The molecule has 2 aromatic heterocycles. The lowest BCUT2D eigenvalue weighted by Gasteiger charge is -2.28. The van der Waals surface area contributed by atoms with E-state index < -0.39 is 5.82 Å². The minimum absolute atomic E-state index is 0.0693. The number of halogens is 1. The number of carbonyl (C=O) groups excluding carboxylic acids is 1. The molecule has 7 heteroatoms. The number of hydrogen-bond acceptors (Lipinski definition) is 5. The average molecular weight is 341 g/mol. The molecule has 0 radical (unpaired) electrons. The summed E-state index contributed by atoms with van der Waals surface area (Å²) in [7, 11) is 0. The lowest BCUT2D eigenvalue weighted by Crippen LogP contribution is -2.34. The fraction of sp³-hybridized carbons (Fsp3) is 0.444. The van der Waals surface area contributed by atoms with Gasteiger partial charge < -0.3 is 10.2 Å². The molecule has 0 bridgehead atoms. The van der Waals surface area contributed by atoms with Gasteiger partial charge in [0.25, 0.3) is 5.91 Å². The van der Waals surface area contributed by atoms with Gasteiger partial charge in [-0.05, 0) is 31.7 Å². The standard InChI is InChI=1S/C18H20FN5O/c19-15-10-20-7-4-13(15)18(25)24-8-5-14-16(6-9-24)21-11-22-17(14)23-12-2-1-3-12/h4,7,10-12H,1-3,5-6,8-9H2,(H,21,22,23). The highest BCUT2D eigenvalue weighted by Crippen LogP contribution is 2.27. The van der Waals surface area contributed by atoms with Crippen LogP contribution in [0.5, 0.6) is 0 Å². The second-order valence-electron chi connectivity index (χ2n) is 6.57. The quantitative estimate of drug-likeness (QED) is 0.927. The number of fused-ring (bicyclic) bond motifs is 1. The normalized spacial score (nSPS) is 17.4. The molecule has 130 valence electrons. The van der Waals surface area contributed by atoms with E-state index in [9.17, 15) is 9.18 Å². The Kier molecular flexibility index (Phi) is 4.29. The summed E-state index contributed by atoms with van der Waals surface area (Å²) in [5, 5.41) is 3.50. The zero-order valence-corrected chi connectivity index (χ0v) is 13.9. The van der Waals surface area contributed by atoms with Gasteiger partial charge in [-0.25, -0.2) is 14.4 Å². The van der Waals surface area contributed by atoms with Crippen molar-refractivity contribution in [1.82, 2.24) is 19.9 Å². The maximum Gasteiger partial charge on any atom is 0.256 e. The minimum Gasteiger partial charge on any atom is -0.367 e. The van der Waals surface area contributed by atoms with Crippen molar-refractivity contribution in [1.29, 1.82) is 0 Å². The van der Waals surface area contributed by atoms with Gasteiger partial charge in [0.15, 0.2) is 5.82 Å². The van der Waals surface area contributed by atoms with Gasteiger partial charge in [-0.2, -0.15) is 0 Å². The molecule has 25 heavy (non-hydrogen) atoms. The SMILES string of the molecule is O=C(c1ccncc1F)N1CCc2ncnc(NC3CCC3)c2CC1. The number of anilines is 1. The average Bonchev–Trinajstić information content (AvgIpc) is 2.81. The Hall–Kier alpha value is -2.57. The molecule has 0 atom stereocenters. The lowest BCUT2D eigenvalue weighted by atomic mass is 9.93. The van der Waals surface area contributed by atoms with Crippen molar-refractivity contribution in [2.75, 3.05) is 18.4 Å². The number of pyridine rings is 1. The van der Waals surface area contributed by atoms with Crippen LogP contribution in [-0.2, 0) is 12.8 Å². The van der Waals surface area contributed by atoms with Crippen LogP contribution in [0.15, 0.2) is 24.8 Å². The van der Waals surface area contributed by atoms with Crippen molar-refractivity contribution in [3.63, 3.8) is 0 Å². The maximum absolute atomic E-state index is 13.9. The highest BCUT2D eigenvalue weighted by Gasteiger charge is 2.25. The molecule has 1 amide bonds. The predicted octanol–water partition coefficient (Wildman–Crippen LogP) is 2.22. The van der Waals surface area contributed by atoms with Crippen LogP contribution >= 0.6 is 0 Å². The van der Waals surface area contributed by atoms with Crippen molar-refractivity contribution in [3.05, 3.63) is 47.4 Å². The second kappa shape index (κ2) is 6.74. The van der Waals surface area contributed by atoms with E-state index in [0.717, 1.165) is 23.3 Å². The number of carbonyl (C=O) groups is 1. The van der Waals surface area contributed by atoms with E-state index in [-0.39, 0.29) is 11.5 Å². The number of aromatic nitrogens is 3. The summed E-state index contributed by atoms with van der Waals surface area (Å²) >= 11 is 0. The van der Waals surface area contributed by atoms with E-state index in [1.54, 1.807) is 11.2 Å². The van der Waals surface area contributed by atoms with Crippen molar-refractivity contribution in [2.24, 2.45) is 0 Å². The molecule has 1 fully saturated rings. The number of nitrogens with zero attached hydrogens (tertiary/aromatic N) is 4. The predicted molar refractivity (Wildman–Crippen MR) is 90.8 cm³/mol. The highest BCUT2D eigenvalue weighted by atomic mass is 19.1. The first-order valence-corrected chi connectivity index (χ1v) is 8.70. The number of hydrogen-bond donors (Lipinski definition) is 1. The molecule has 1 saturated carbocycles. The monoisotopic (exact) mass is 341 g/mol. The minimum atomic E-state index is -0.582. The molecule has 1 aliphatic carbocycles. The first-order chi connectivity index (χ1) is 12.2. The Balaban J connectivity index is 1.52. The third kappa shape index (κ3) is 3.18. The van der Waals surface area contributed by atoms with Crippen LogP contribution in [0.25, 0.3) is 0 Å². The van der Waals surface area contributed by atoms with Crippen LogP contribution in [0, 0.1) is 5.82 Å². The van der Waals surface area contributed by atoms with Crippen molar-refractivity contribution >= 4 is 11.7 Å². The third-order valence-corrected chi connectivity index (χ3v) is 5.02. The fourth-order valence-electron chi connectivity index (χ4n) is 3.32. The summed E-state index contributed by atoms with van der Waals surface area (Å²) in [6, 6.07) is 1.92. The zero-order valence-electron chi connectivity index (χ0n) is 13.9. The molecular formula is C18H20FN5O. The fourth-order valence-corrected chi connectivity index (χ4v) is 3.32. The van der Waals surface area contributed by atoms with E-state index in [2.05, 4.69) is 20.3 Å². The number of amides is 1. The number of rotatable bonds is 3. The molecule has 4 rings (SSSR count). The zero-order chi connectivity index (χ0) is 17.2. The van der Waals surface area contributed by atoms with E-state index >= 15 is 0 Å². The Morgan fingerprint density at radius 3 is 2.84 bits per heavy atom. The summed E-state index contributed by atoms with van der Waals surface area (Å²) in [6.07, 6.45) is 9.01. The maximum atomic E-state index is 13.9. The van der Waals surface area contributed by atoms with Gasteiger partial charge in [-0.1, -0.05) is 0 Å². The van der Waals surface area contributed by atoms with Gasteiger partial charge in [-0.15, -0.1) is 0 Å². The van der Waals surface area contributed by atoms with Gasteiger partial charge in [0.05, 0.1) is 17.5 Å². The molecule has 6 nitrogen and oxygen atoms in total. The Morgan fingerprint density at radius 2 is 2.08 bits per heavy atom. The molecular weight excluding hydrogens is 321 g/mol. The van der Waals surface area contributed by atoms with Gasteiger partial charge in [0, 0.05) is 37.3 Å². The van der Waals surface area contributed by atoms with Crippen LogP contribution < -0.4 is 5.32 Å². The topological polar surface area (TPSA) is 71.0 Å². The van der Waals surface area contributed by atoms with Crippen LogP contribution in [0.1, 0.15) is 40.9 Å². The molecule has 1 N–H and O–H groups in total. The first-order valence-electron chi connectivity index (χ1n) is 8.70. The summed E-state index contributed by atoms with van der Waals surface area (Å²) in [5.74, 6) is 0.00894. The molecule has 2 aliphatic rings. The van der Waals surface area contributed by atoms with Crippen LogP contribution in [0.3, 0.4) is 0 Å². The third-order valence-electron chi connectivity index (χ3n) is 5.02. The Bertz CT molecular complexity index is 793. The molecule has 3 heterocycles. The van der Waals surface area contributed by atoms with Gasteiger partial charge in [-0.3, -0.25) is 9.78 Å². The molecule has 1 aliphatic heterocycles. The van der Waals surface area contributed by atoms with Gasteiger partial charge in [0.1, 0.15) is 12.1 Å². The Labute approximate surface area is 145 Å².